The van der Waals surface area contributed by atoms with Crippen molar-refractivity contribution in [3.8, 4) is 0 Å². The molecule has 0 N–H and O–H groups in total. The summed E-state index contributed by atoms with van der Waals surface area (Å²) < 4.78 is 15.1. The molecule has 2 atom stereocenters. The summed E-state index contributed by atoms with van der Waals surface area (Å²) in [7, 11) is 1.38. The van der Waals surface area contributed by atoms with Gasteiger partial charge in [-0.25, -0.2) is 0 Å². The van der Waals surface area contributed by atoms with Gasteiger partial charge in [0, 0.05) is 26.7 Å². The minimum atomic E-state index is -0.836. The van der Waals surface area contributed by atoms with Crippen LogP contribution in [0.3, 0.4) is 0 Å². The van der Waals surface area contributed by atoms with E-state index in [-0.39, 0.29) is 11.8 Å². The Hall–Kier alpha value is -3.22. The third kappa shape index (κ3) is 16.6. The van der Waals surface area contributed by atoms with Crippen LogP contribution in [0.5, 0.6) is 0 Å². The highest BCUT2D eigenvalue weighted by Crippen LogP contribution is 2.10. The maximum absolute atomic E-state index is 11.5. The van der Waals surface area contributed by atoms with Crippen molar-refractivity contribution < 1.29 is 33.4 Å². The predicted octanol–water partition coefficient (Wildman–Crippen LogP) is 4.34. The molecule has 0 amide bonds. The Morgan fingerprint density at radius 2 is 1.41 bits per heavy atom. The predicted molar refractivity (Wildman–Crippen MR) is 123 cm³/mol. The van der Waals surface area contributed by atoms with Crippen molar-refractivity contribution >= 4 is 23.7 Å². The molecular formula is C25H34O7. The SMILES string of the molecule is CCC(=O)C=CC=CC(OC(C)=O)C(C=CC=CCC=CCCCC(=O)OC)OC(C)=O. The van der Waals surface area contributed by atoms with Crippen LogP contribution in [0.2, 0.25) is 0 Å². The second-order valence-corrected chi connectivity index (χ2v) is 6.70. The summed E-state index contributed by atoms with van der Waals surface area (Å²) >= 11 is 0. The van der Waals surface area contributed by atoms with E-state index in [2.05, 4.69) is 4.74 Å². The first-order valence-electron chi connectivity index (χ1n) is 10.6. The van der Waals surface area contributed by atoms with E-state index < -0.39 is 24.1 Å². The van der Waals surface area contributed by atoms with E-state index in [1.165, 1.54) is 27.0 Å². The van der Waals surface area contributed by atoms with Gasteiger partial charge >= 0.3 is 17.9 Å². The molecule has 0 rings (SSSR count). The molecule has 0 aromatic carbocycles. The smallest absolute Gasteiger partial charge is 0.305 e. The number of ketones is 1. The molecule has 0 aromatic heterocycles. The van der Waals surface area contributed by atoms with Crippen molar-refractivity contribution in [2.45, 2.75) is 65.1 Å². The molecule has 0 aliphatic carbocycles. The van der Waals surface area contributed by atoms with Gasteiger partial charge in [-0.1, -0.05) is 49.5 Å². The Labute approximate surface area is 190 Å². The van der Waals surface area contributed by atoms with Crippen LogP contribution in [0.25, 0.3) is 0 Å². The summed E-state index contributed by atoms with van der Waals surface area (Å²) in [6.07, 6.45) is 18.5. The normalized spacial score (nSPS) is 13.9. The molecule has 32 heavy (non-hydrogen) atoms. The lowest BCUT2D eigenvalue weighted by Crippen LogP contribution is -2.31. The molecule has 0 aromatic rings. The van der Waals surface area contributed by atoms with Crippen LogP contribution in [0.15, 0.2) is 60.8 Å². The van der Waals surface area contributed by atoms with Gasteiger partial charge in [-0.15, -0.1) is 0 Å². The van der Waals surface area contributed by atoms with Crippen molar-refractivity contribution in [1.29, 1.82) is 0 Å². The third-order valence-electron chi connectivity index (χ3n) is 3.94. The van der Waals surface area contributed by atoms with Gasteiger partial charge in [0.2, 0.25) is 0 Å². The first-order valence-corrected chi connectivity index (χ1v) is 10.6. The molecule has 176 valence electrons. The van der Waals surface area contributed by atoms with Gasteiger partial charge in [0.05, 0.1) is 7.11 Å². The van der Waals surface area contributed by atoms with Gasteiger partial charge in [0.25, 0.3) is 0 Å². The largest absolute Gasteiger partial charge is 0.469 e. The van der Waals surface area contributed by atoms with Crippen LogP contribution in [-0.2, 0) is 33.4 Å². The number of hydrogen-bond donors (Lipinski definition) is 0. The van der Waals surface area contributed by atoms with Gasteiger partial charge in [0.15, 0.2) is 18.0 Å². The van der Waals surface area contributed by atoms with E-state index in [1.807, 2.05) is 18.2 Å². The zero-order valence-electron chi connectivity index (χ0n) is 19.3. The van der Waals surface area contributed by atoms with E-state index >= 15 is 0 Å². The number of carbonyl (C=O) groups is 4. The van der Waals surface area contributed by atoms with Crippen LogP contribution >= 0.6 is 0 Å². The Morgan fingerprint density at radius 3 is 1.94 bits per heavy atom. The van der Waals surface area contributed by atoms with Crippen molar-refractivity contribution in [3.63, 3.8) is 0 Å². The second-order valence-electron chi connectivity index (χ2n) is 6.70. The molecule has 7 nitrogen and oxygen atoms in total. The topological polar surface area (TPSA) is 96.0 Å². The molecule has 0 fully saturated rings. The fourth-order valence-corrected chi connectivity index (χ4v) is 2.36. The highest BCUT2D eigenvalue weighted by atomic mass is 16.6. The fourth-order valence-electron chi connectivity index (χ4n) is 2.36. The van der Waals surface area contributed by atoms with E-state index in [4.69, 9.17) is 9.47 Å². The van der Waals surface area contributed by atoms with Crippen molar-refractivity contribution in [1.82, 2.24) is 0 Å². The lowest BCUT2D eigenvalue weighted by atomic mass is 10.1. The number of unbranched alkanes of at least 4 members (excludes halogenated alkanes) is 1. The highest BCUT2D eigenvalue weighted by molar-refractivity contribution is 5.89. The Balaban J connectivity index is 4.91. The molecule has 0 bridgehead atoms. The summed E-state index contributed by atoms with van der Waals surface area (Å²) in [6, 6.07) is 0. The standard InChI is InChI=1S/C25H34O7/c1-5-22(28)16-14-15-18-24(32-21(3)27)23(31-20(2)26)17-12-10-8-6-7-9-11-13-19-25(29)30-4/h7-10,12,14-18,23-24H,5-6,11,13,19H2,1-4H3. The van der Waals surface area contributed by atoms with E-state index in [1.54, 1.807) is 43.4 Å². The molecule has 0 radical (unpaired) electrons. The van der Waals surface area contributed by atoms with E-state index in [0.29, 0.717) is 19.3 Å². The highest BCUT2D eigenvalue weighted by Gasteiger charge is 2.22. The molecule has 0 aliphatic rings. The third-order valence-corrected chi connectivity index (χ3v) is 3.94. The van der Waals surface area contributed by atoms with Crippen LogP contribution < -0.4 is 0 Å². The maximum Gasteiger partial charge on any atom is 0.305 e. The lowest BCUT2D eigenvalue weighted by molar-refractivity contribution is -0.158. The molecule has 0 heterocycles. The van der Waals surface area contributed by atoms with E-state index in [0.717, 1.165) is 12.8 Å². The van der Waals surface area contributed by atoms with Crippen molar-refractivity contribution in [3.05, 3.63) is 60.8 Å². The molecular weight excluding hydrogens is 412 g/mol. The summed E-state index contributed by atoms with van der Waals surface area (Å²) in [6.45, 7) is 4.30. The molecule has 7 heteroatoms. The number of ether oxygens (including phenoxy) is 3. The molecule has 2 unspecified atom stereocenters. The number of allylic oxidation sites excluding steroid dienone is 8. The summed E-state index contributed by atoms with van der Waals surface area (Å²) in [4.78, 5) is 45.3. The van der Waals surface area contributed by atoms with Gasteiger partial charge < -0.3 is 14.2 Å². The summed E-state index contributed by atoms with van der Waals surface area (Å²) in [5.74, 6) is -1.27. The number of methoxy groups -OCH3 is 1. The van der Waals surface area contributed by atoms with Crippen LogP contribution in [0.1, 0.15) is 52.9 Å². The van der Waals surface area contributed by atoms with Gasteiger partial charge in [-0.05, 0) is 37.5 Å². The molecule has 0 saturated carbocycles. The fraction of sp³-hybridized carbons (Fsp3) is 0.440. The van der Waals surface area contributed by atoms with Gasteiger partial charge in [0.1, 0.15) is 0 Å². The number of hydrogen-bond acceptors (Lipinski definition) is 7. The van der Waals surface area contributed by atoms with Gasteiger partial charge in [-0.2, -0.15) is 0 Å². The monoisotopic (exact) mass is 446 g/mol. The second kappa shape index (κ2) is 18.5. The van der Waals surface area contributed by atoms with Crippen molar-refractivity contribution in [2.24, 2.45) is 0 Å². The molecule has 0 spiro atoms. The summed E-state index contributed by atoms with van der Waals surface area (Å²) in [5.41, 5.74) is 0. The number of carbonyl (C=O) groups excluding carboxylic acids is 4. The molecule has 0 saturated heterocycles. The van der Waals surface area contributed by atoms with Gasteiger partial charge in [-0.3, -0.25) is 19.2 Å². The van der Waals surface area contributed by atoms with Crippen LogP contribution in [0.4, 0.5) is 0 Å². The van der Waals surface area contributed by atoms with Crippen molar-refractivity contribution in [2.75, 3.05) is 7.11 Å². The first kappa shape index (κ1) is 28.8. The lowest BCUT2D eigenvalue weighted by Gasteiger charge is -2.21. The zero-order chi connectivity index (χ0) is 24.2. The van der Waals surface area contributed by atoms with Crippen LogP contribution in [0, 0.1) is 0 Å². The Kier molecular flexibility index (Phi) is 16.7. The average Bonchev–Trinajstić information content (AvgIpc) is 2.75. The van der Waals surface area contributed by atoms with Crippen LogP contribution in [-0.4, -0.2) is 43.0 Å². The Morgan fingerprint density at radius 1 is 0.812 bits per heavy atom. The molecule has 0 aliphatic heterocycles. The maximum atomic E-state index is 11.5. The number of esters is 3. The minimum absolute atomic E-state index is 0.0298. The average molecular weight is 447 g/mol. The van der Waals surface area contributed by atoms with E-state index in [9.17, 15) is 19.2 Å². The number of rotatable bonds is 15. The Bertz CT molecular complexity index is 741. The summed E-state index contributed by atoms with van der Waals surface area (Å²) in [5, 5.41) is 0. The quantitative estimate of drug-likeness (QED) is 0.0922. The minimum Gasteiger partial charge on any atom is -0.469 e. The zero-order valence-corrected chi connectivity index (χ0v) is 19.3. The first-order chi connectivity index (χ1) is 15.3.